The van der Waals surface area contributed by atoms with Crippen LogP contribution in [0.1, 0.15) is 122 Å². The van der Waals surface area contributed by atoms with Crippen LogP contribution in [-0.2, 0) is 73.4 Å². The van der Waals surface area contributed by atoms with E-state index in [9.17, 15) is 39.0 Å². The predicted molar refractivity (Wildman–Crippen MR) is 329 cm³/mol. The van der Waals surface area contributed by atoms with Gasteiger partial charge in [-0.05, 0) is 171 Å². The van der Waals surface area contributed by atoms with Crippen LogP contribution in [0.25, 0.3) is 21.5 Å². The maximum absolute atomic E-state index is 13.3. The third-order valence-corrected chi connectivity index (χ3v) is 15.5. The number of amides is 2. The molecule has 464 valence electrons. The van der Waals surface area contributed by atoms with Crippen molar-refractivity contribution >= 4 is 57.2 Å². The van der Waals surface area contributed by atoms with Crippen molar-refractivity contribution in [3.63, 3.8) is 0 Å². The van der Waals surface area contributed by atoms with Crippen molar-refractivity contribution in [3.8, 4) is 0 Å². The van der Waals surface area contributed by atoms with E-state index in [-0.39, 0.29) is 72.3 Å². The zero-order valence-electron chi connectivity index (χ0n) is 53.1. The van der Waals surface area contributed by atoms with Gasteiger partial charge in [0.1, 0.15) is 25.4 Å². The number of aryl methyl sites for hydroxylation is 8. The van der Waals surface area contributed by atoms with E-state index in [1.54, 1.807) is 14.1 Å². The summed E-state index contributed by atoms with van der Waals surface area (Å²) in [4.78, 5) is 75.2. The number of carbonyl (C=O) groups is 6. The van der Waals surface area contributed by atoms with Gasteiger partial charge in [-0.25, -0.2) is 9.59 Å². The minimum atomic E-state index is -1.82. The molecule has 0 saturated carbocycles. The first kappa shape index (κ1) is 76.7. The first-order chi connectivity index (χ1) is 41.3. The van der Waals surface area contributed by atoms with Gasteiger partial charge in [0.05, 0.1) is 11.9 Å². The fourth-order valence-corrected chi connectivity index (χ4v) is 10.2. The number of benzene rings is 6. The summed E-state index contributed by atoms with van der Waals surface area (Å²) in [5.41, 5.74) is 10.1. The van der Waals surface area contributed by atoms with Crippen LogP contribution in [-0.4, -0.2) is 134 Å². The van der Waals surface area contributed by atoms with E-state index >= 15 is 0 Å². The monoisotopic (exact) mass is 1230 g/mol. The molecule has 0 aliphatic carbocycles. The Kier molecular flexibility index (Phi) is 36.4. The van der Waals surface area contributed by atoms with Crippen molar-refractivity contribution < 1.29 is 127 Å². The summed E-state index contributed by atoms with van der Waals surface area (Å²) in [6, 6.07) is 42.3. The molecule has 16 nitrogen and oxygen atoms in total. The van der Waals surface area contributed by atoms with Gasteiger partial charge in [0, 0.05) is 40.4 Å². The number of ether oxygens (including phenoxy) is 4. The molecule has 0 radical (unpaired) electrons. The van der Waals surface area contributed by atoms with E-state index in [0.29, 0.717) is 25.9 Å². The number of fused-ring (bicyclic) bond motifs is 2. The van der Waals surface area contributed by atoms with E-state index < -0.39 is 73.3 Å². The number of hydrogen-bond acceptors (Lipinski definition) is 12. The molecular formula is C70H88N2Na2O14. The van der Waals surface area contributed by atoms with Gasteiger partial charge in [-0.2, -0.15) is 0 Å². The summed E-state index contributed by atoms with van der Waals surface area (Å²) in [5.74, 6) is -7.18. The third-order valence-electron chi connectivity index (χ3n) is 15.5. The summed E-state index contributed by atoms with van der Waals surface area (Å²) >= 11 is 0. The molecule has 6 rings (SSSR count). The molecule has 0 aliphatic heterocycles. The number of aliphatic carboxylic acids is 4. The quantitative estimate of drug-likeness (QED) is 0.0419. The van der Waals surface area contributed by atoms with Crippen LogP contribution in [0.4, 0.5) is 0 Å². The summed E-state index contributed by atoms with van der Waals surface area (Å²) in [5, 5.41) is 46.6. The zero-order valence-corrected chi connectivity index (χ0v) is 57.1. The molecule has 0 heterocycles. The fraction of sp³-hybridized carbons (Fsp3) is 0.457. The van der Waals surface area contributed by atoms with E-state index in [1.807, 2.05) is 24.3 Å². The molecule has 0 fully saturated rings. The second-order valence-electron chi connectivity index (χ2n) is 22.4. The number of unbranched alkanes of at least 4 members (excludes halogenated alkanes) is 8. The second-order valence-corrected chi connectivity index (χ2v) is 22.4. The topological polar surface area (TPSA) is 232 Å². The van der Waals surface area contributed by atoms with Crippen molar-refractivity contribution in [1.82, 2.24) is 9.80 Å². The van der Waals surface area contributed by atoms with Gasteiger partial charge in [-0.1, -0.05) is 147 Å². The van der Waals surface area contributed by atoms with E-state index in [1.165, 1.54) is 75.9 Å². The molecule has 0 unspecified atom stereocenters. The van der Waals surface area contributed by atoms with Crippen LogP contribution in [0.15, 0.2) is 121 Å². The Hall–Kier alpha value is -5.50. The van der Waals surface area contributed by atoms with Gasteiger partial charge in [-0.15, -0.1) is 0 Å². The Labute approximate surface area is 564 Å². The number of rotatable bonds is 38. The Morgan fingerprint density at radius 1 is 0.386 bits per heavy atom. The molecule has 4 atom stereocenters. The van der Waals surface area contributed by atoms with E-state index in [2.05, 4.69) is 125 Å². The van der Waals surface area contributed by atoms with Crippen molar-refractivity contribution in [2.45, 2.75) is 155 Å². The molecule has 88 heavy (non-hydrogen) atoms. The van der Waals surface area contributed by atoms with Crippen LogP contribution in [0.5, 0.6) is 0 Å². The minimum Gasteiger partial charge on any atom is -0.547 e. The van der Waals surface area contributed by atoms with E-state index in [4.69, 9.17) is 29.2 Å². The van der Waals surface area contributed by atoms with Crippen LogP contribution in [0.3, 0.4) is 0 Å². The molecule has 0 spiro atoms. The van der Waals surface area contributed by atoms with Crippen molar-refractivity contribution in [2.24, 2.45) is 0 Å². The van der Waals surface area contributed by atoms with Gasteiger partial charge >= 0.3 is 71.1 Å². The first-order valence-corrected chi connectivity index (χ1v) is 30.2. The van der Waals surface area contributed by atoms with Gasteiger partial charge in [0.2, 0.25) is 0 Å². The second kappa shape index (κ2) is 41.7. The molecule has 0 bridgehead atoms. The maximum atomic E-state index is 13.3. The Morgan fingerprint density at radius 3 is 1.03 bits per heavy atom. The van der Waals surface area contributed by atoms with E-state index in [0.717, 1.165) is 89.9 Å². The first-order valence-electron chi connectivity index (χ1n) is 30.2. The summed E-state index contributed by atoms with van der Waals surface area (Å²) in [6.45, 7) is 7.70. The average Bonchev–Trinajstić information content (AvgIpc) is 3.62. The van der Waals surface area contributed by atoms with Crippen molar-refractivity contribution in [2.75, 3.05) is 53.6 Å². The summed E-state index contributed by atoms with van der Waals surface area (Å²) in [6.07, 6.45) is 6.89. The smallest absolute Gasteiger partial charge is 0.547 e. The van der Waals surface area contributed by atoms with Crippen LogP contribution >= 0.6 is 0 Å². The fourth-order valence-electron chi connectivity index (χ4n) is 10.2. The largest absolute Gasteiger partial charge is 1.00 e. The number of carbonyl (C=O) groups excluding carboxylic acids is 4. The standard InChI is InChI=1S/2C35H45NO7.2Na/c2*1-25-16-17-27(22-26(25)2)12-7-5-11-21-42-32(33(35(40)41)43-24-31(37)38)34(39)36(3)20-10-4-6-13-28-18-19-29-14-8-9-15-30(29)23-28;;/h2*8-9,14-19,22-23,32-33H,4-7,10-13,20-21,24H2,1-3H3,(H,37,38)(H,40,41);;/q;;2*+1/p-2/t2*32-,33-;;/m11../s1. The van der Waals surface area contributed by atoms with Gasteiger partial charge in [-0.3, -0.25) is 9.59 Å². The molecule has 0 aliphatic rings. The molecule has 6 aromatic carbocycles. The Morgan fingerprint density at radius 2 is 0.705 bits per heavy atom. The minimum absolute atomic E-state index is 0. The summed E-state index contributed by atoms with van der Waals surface area (Å²) in [7, 11) is 3.18. The van der Waals surface area contributed by atoms with Crippen LogP contribution in [0.2, 0.25) is 0 Å². The molecule has 2 amide bonds. The maximum Gasteiger partial charge on any atom is 1.00 e. The molecule has 6 aromatic rings. The normalized spacial score (nSPS) is 12.3. The average molecular weight is 1230 g/mol. The molecule has 0 aromatic heterocycles. The number of hydrogen-bond donors (Lipinski definition) is 2. The zero-order chi connectivity index (χ0) is 62.4. The number of nitrogens with zero attached hydrogens (tertiary/aromatic N) is 2. The number of carboxylic acids is 4. The molecule has 0 saturated heterocycles. The summed E-state index contributed by atoms with van der Waals surface area (Å²) < 4.78 is 21.6. The molecule has 2 N–H and O–H groups in total. The Balaban J connectivity index is 0.000000450. The van der Waals surface area contributed by atoms with Gasteiger partial charge in [0.25, 0.3) is 11.8 Å². The predicted octanol–water partition coefficient (Wildman–Crippen LogP) is 3.30. The molecule has 18 heteroatoms. The van der Waals surface area contributed by atoms with Gasteiger partial charge < -0.3 is 58.8 Å². The van der Waals surface area contributed by atoms with Gasteiger partial charge in [0.15, 0.2) is 12.2 Å². The molecular weight excluding hydrogens is 1140 g/mol. The van der Waals surface area contributed by atoms with Crippen molar-refractivity contribution in [3.05, 3.63) is 166 Å². The third kappa shape index (κ3) is 27.3. The SMILES string of the molecule is Cc1ccc(CCCCCO[C@@H](C(=O)N(C)CCCCCc2ccc3ccccc3c2)[C@@H](OCC(=O)O)C(=O)[O-])cc1C.Cc1ccc(CCCCCO[C@@H](C(=O)N(C)CCCCCc2ccc3ccccc3c2)[C@@H](OCC(=O)O)C(=O)[O-])cc1C.[Na+].[Na+]. The van der Waals surface area contributed by atoms with Crippen molar-refractivity contribution in [1.29, 1.82) is 0 Å². The number of carboxylic acid groups (broad SMARTS) is 4. The van der Waals surface area contributed by atoms with Crippen LogP contribution in [0, 0.1) is 27.7 Å². The number of likely N-dealkylation sites (N-methyl/N-ethyl adjacent to an activating group) is 2. The van der Waals surface area contributed by atoms with Crippen LogP contribution < -0.4 is 69.3 Å². The Bertz CT molecular complexity index is 2930.